The molecule has 2 aromatic rings. The van der Waals surface area contributed by atoms with Gasteiger partial charge in [0.1, 0.15) is 11.8 Å². The van der Waals surface area contributed by atoms with Crippen LogP contribution in [0.3, 0.4) is 0 Å². The molecule has 2 aromatic carbocycles. The zero-order chi connectivity index (χ0) is 15.1. The van der Waals surface area contributed by atoms with Crippen LogP contribution in [0.25, 0.3) is 0 Å². The molecule has 4 nitrogen and oxygen atoms in total. The number of para-hydroxylation sites is 1. The highest BCUT2D eigenvalue weighted by atomic mass is 16.5. The SMILES string of the molecule is COc1ccccc1CC(=O)NC(C#N)c1ccccc1. The molecular formula is C17H16N2O2. The van der Waals surface area contributed by atoms with Crippen molar-refractivity contribution < 1.29 is 9.53 Å². The number of hydrogen-bond donors (Lipinski definition) is 1. The maximum absolute atomic E-state index is 12.1. The summed E-state index contributed by atoms with van der Waals surface area (Å²) >= 11 is 0. The Morgan fingerprint density at radius 2 is 1.86 bits per heavy atom. The first-order chi connectivity index (χ1) is 10.2. The van der Waals surface area contributed by atoms with Crippen LogP contribution in [0.4, 0.5) is 0 Å². The number of rotatable bonds is 5. The lowest BCUT2D eigenvalue weighted by molar-refractivity contribution is -0.120. The van der Waals surface area contributed by atoms with Crippen LogP contribution in [-0.2, 0) is 11.2 Å². The summed E-state index contributed by atoms with van der Waals surface area (Å²) in [6.07, 6.45) is 0.176. The Hall–Kier alpha value is -2.80. The zero-order valence-electron chi connectivity index (χ0n) is 11.7. The maximum Gasteiger partial charge on any atom is 0.225 e. The Labute approximate surface area is 124 Å². The minimum atomic E-state index is -0.645. The fourth-order valence-corrected chi connectivity index (χ4v) is 2.07. The second kappa shape index (κ2) is 7.11. The van der Waals surface area contributed by atoms with Crippen molar-refractivity contribution in [3.63, 3.8) is 0 Å². The van der Waals surface area contributed by atoms with Gasteiger partial charge in [0.15, 0.2) is 0 Å². The van der Waals surface area contributed by atoms with E-state index in [4.69, 9.17) is 4.74 Å². The first-order valence-corrected chi connectivity index (χ1v) is 6.60. The molecular weight excluding hydrogens is 264 g/mol. The fraction of sp³-hybridized carbons (Fsp3) is 0.176. The second-order valence-corrected chi connectivity index (χ2v) is 4.53. The van der Waals surface area contributed by atoms with E-state index in [-0.39, 0.29) is 12.3 Å². The number of methoxy groups -OCH3 is 1. The monoisotopic (exact) mass is 280 g/mol. The molecule has 21 heavy (non-hydrogen) atoms. The number of carbonyl (C=O) groups excluding carboxylic acids is 1. The van der Waals surface area contributed by atoms with Crippen molar-refractivity contribution in [1.82, 2.24) is 5.32 Å². The van der Waals surface area contributed by atoms with E-state index in [1.165, 1.54) is 0 Å². The van der Waals surface area contributed by atoms with Crippen molar-refractivity contribution in [2.45, 2.75) is 12.5 Å². The summed E-state index contributed by atoms with van der Waals surface area (Å²) in [6, 6.07) is 18.0. The summed E-state index contributed by atoms with van der Waals surface area (Å²) in [5.41, 5.74) is 1.57. The molecule has 1 unspecified atom stereocenters. The third kappa shape index (κ3) is 3.83. The van der Waals surface area contributed by atoms with Gasteiger partial charge in [-0.25, -0.2) is 0 Å². The van der Waals surface area contributed by atoms with Crippen LogP contribution in [0.2, 0.25) is 0 Å². The molecule has 0 saturated carbocycles. The highest BCUT2D eigenvalue weighted by Crippen LogP contribution is 2.18. The normalized spacial score (nSPS) is 11.2. The molecule has 0 aliphatic rings. The van der Waals surface area contributed by atoms with Crippen molar-refractivity contribution in [3.8, 4) is 11.8 Å². The number of nitrogens with one attached hydrogen (secondary N) is 1. The van der Waals surface area contributed by atoms with Gasteiger partial charge in [-0.15, -0.1) is 0 Å². The first-order valence-electron chi connectivity index (χ1n) is 6.60. The topological polar surface area (TPSA) is 62.1 Å². The van der Waals surface area contributed by atoms with E-state index in [0.29, 0.717) is 5.75 Å². The minimum absolute atomic E-state index is 0.176. The number of amides is 1. The predicted octanol–water partition coefficient (Wildman–Crippen LogP) is 2.62. The Bertz CT molecular complexity index is 647. The first kappa shape index (κ1) is 14.6. The lowest BCUT2D eigenvalue weighted by Crippen LogP contribution is -2.29. The lowest BCUT2D eigenvalue weighted by Gasteiger charge is -2.13. The van der Waals surface area contributed by atoms with Crippen LogP contribution in [0.1, 0.15) is 17.2 Å². The molecule has 0 radical (unpaired) electrons. The zero-order valence-corrected chi connectivity index (χ0v) is 11.7. The molecule has 1 amide bonds. The highest BCUT2D eigenvalue weighted by molar-refractivity contribution is 5.80. The standard InChI is InChI=1S/C17H16N2O2/c1-21-16-10-6-5-9-14(16)11-17(20)19-15(12-18)13-7-3-2-4-8-13/h2-10,15H,11H2,1H3,(H,19,20). The van der Waals surface area contributed by atoms with Crippen molar-refractivity contribution in [2.75, 3.05) is 7.11 Å². The smallest absolute Gasteiger partial charge is 0.225 e. The molecule has 0 saturated heterocycles. The van der Waals surface area contributed by atoms with Crippen LogP contribution >= 0.6 is 0 Å². The van der Waals surface area contributed by atoms with E-state index in [1.54, 1.807) is 7.11 Å². The number of nitriles is 1. The van der Waals surface area contributed by atoms with Gasteiger partial charge in [-0.05, 0) is 11.6 Å². The third-order valence-corrected chi connectivity index (χ3v) is 3.11. The van der Waals surface area contributed by atoms with Crippen molar-refractivity contribution >= 4 is 5.91 Å². The van der Waals surface area contributed by atoms with Gasteiger partial charge < -0.3 is 10.1 Å². The van der Waals surface area contributed by atoms with Crippen molar-refractivity contribution in [1.29, 1.82) is 5.26 Å². The Morgan fingerprint density at radius 1 is 1.19 bits per heavy atom. The van der Waals surface area contributed by atoms with Crippen LogP contribution in [0.5, 0.6) is 5.75 Å². The fourth-order valence-electron chi connectivity index (χ4n) is 2.07. The molecule has 1 N–H and O–H groups in total. The summed E-state index contributed by atoms with van der Waals surface area (Å²) in [5, 5.41) is 11.9. The summed E-state index contributed by atoms with van der Waals surface area (Å²) < 4.78 is 5.22. The minimum Gasteiger partial charge on any atom is -0.496 e. The molecule has 4 heteroatoms. The number of benzene rings is 2. The molecule has 0 spiro atoms. The second-order valence-electron chi connectivity index (χ2n) is 4.53. The lowest BCUT2D eigenvalue weighted by atomic mass is 10.1. The summed E-state index contributed by atoms with van der Waals surface area (Å²) in [6.45, 7) is 0. The summed E-state index contributed by atoms with van der Waals surface area (Å²) in [4.78, 5) is 12.1. The number of carbonyl (C=O) groups is 1. The van der Waals surface area contributed by atoms with Crippen LogP contribution in [-0.4, -0.2) is 13.0 Å². The Kier molecular flexibility index (Phi) is 4.94. The van der Waals surface area contributed by atoms with Gasteiger partial charge >= 0.3 is 0 Å². The van der Waals surface area contributed by atoms with Gasteiger partial charge in [0.05, 0.1) is 19.6 Å². The average molecular weight is 280 g/mol. The predicted molar refractivity (Wildman–Crippen MR) is 79.6 cm³/mol. The van der Waals surface area contributed by atoms with E-state index < -0.39 is 6.04 Å². The molecule has 0 aliphatic heterocycles. The van der Waals surface area contributed by atoms with E-state index in [9.17, 15) is 10.1 Å². The molecule has 0 bridgehead atoms. The molecule has 0 fully saturated rings. The Balaban J connectivity index is 2.06. The Morgan fingerprint density at radius 3 is 2.52 bits per heavy atom. The average Bonchev–Trinajstić information content (AvgIpc) is 2.54. The van der Waals surface area contributed by atoms with E-state index >= 15 is 0 Å². The quantitative estimate of drug-likeness (QED) is 0.915. The van der Waals surface area contributed by atoms with Gasteiger partial charge in [-0.3, -0.25) is 4.79 Å². The van der Waals surface area contributed by atoms with Gasteiger partial charge in [0, 0.05) is 5.56 Å². The van der Waals surface area contributed by atoms with Gasteiger partial charge in [-0.1, -0.05) is 48.5 Å². The molecule has 0 heterocycles. The third-order valence-electron chi connectivity index (χ3n) is 3.11. The van der Waals surface area contributed by atoms with E-state index in [0.717, 1.165) is 11.1 Å². The van der Waals surface area contributed by atoms with Crippen molar-refractivity contribution in [2.24, 2.45) is 0 Å². The molecule has 106 valence electrons. The highest BCUT2D eigenvalue weighted by Gasteiger charge is 2.15. The maximum atomic E-state index is 12.1. The van der Waals surface area contributed by atoms with Crippen LogP contribution in [0, 0.1) is 11.3 Å². The van der Waals surface area contributed by atoms with Crippen LogP contribution in [0.15, 0.2) is 54.6 Å². The van der Waals surface area contributed by atoms with E-state index in [2.05, 4.69) is 11.4 Å². The van der Waals surface area contributed by atoms with Crippen LogP contribution < -0.4 is 10.1 Å². The van der Waals surface area contributed by atoms with E-state index in [1.807, 2.05) is 54.6 Å². The van der Waals surface area contributed by atoms with Gasteiger partial charge in [0.25, 0.3) is 0 Å². The number of hydrogen-bond acceptors (Lipinski definition) is 3. The summed E-state index contributed by atoms with van der Waals surface area (Å²) in [7, 11) is 1.57. The number of ether oxygens (including phenoxy) is 1. The van der Waals surface area contributed by atoms with Gasteiger partial charge in [0.2, 0.25) is 5.91 Å². The molecule has 1 atom stereocenters. The molecule has 0 aliphatic carbocycles. The summed E-state index contributed by atoms with van der Waals surface area (Å²) in [5.74, 6) is 0.454. The largest absolute Gasteiger partial charge is 0.496 e. The molecule has 0 aromatic heterocycles. The van der Waals surface area contributed by atoms with Gasteiger partial charge in [-0.2, -0.15) is 5.26 Å². The molecule has 2 rings (SSSR count). The van der Waals surface area contributed by atoms with Crippen molar-refractivity contribution in [3.05, 3.63) is 65.7 Å². The number of nitrogens with zero attached hydrogens (tertiary/aromatic N) is 1.